The summed E-state index contributed by atoms with van der Waals surface area (Å²) in [4.78, 5) is 23.3. The second-order valence-corrected chi connectivity index (χ2v) is 5.24. The molecule has 0 aliphatic rings. The lowest BCUT2D eigenvalue weighted by atomic mass is 10.0. The molecule has 0 fully saturated rings. The third-order valence-corrected chi connectivity index (χ3v) is 3.44. The van der Waals surface area contributed by atoms with Gasteiger partial charge in [-0.2, -0.15) is 13.2 Å². The quantitative estimate of drug-likeness (QED) is 0.596. The van der Waals surface area contributed by atoms with E-state index in [4.69, 9.17) is 4.74 Å². The van der Waals surface area contributed by atoms with Crippen molar-refractivity contribution >= 4 is 11.8 Å². The molecular formula is C18H15F3O4. The van der Waals surface area contributed by atoms with Crippen LogP contribution in [0.2, 0.25) is 0 Å². The van der Waals surface area contributed by atoms with Crippen LogP contribution in [-0.2, 0) is 17.5 Å². The molecule has 0 saturated carbocycles. The van der Waals surface area contributed by atoms with Gasteiger partial charge in [0, 0.05) is 5.56 Å². The fourth-order valence-corrected chi connectivity index (χ4v) is 2.20. The molecule has 2 rings (SSSR count). The number of rotatable bonds is 5. The van der Waals surface area contributed by atoms with E-state index >= 15 is 0 Å². The van der Waals surface area contributed by atoms with Gasteiger partial charge in [-0.15, -0.1) is 0 Å². The molecule has 0 unspecified atom stereocenters. The largest absolute Gasteiger partial charge is 0.489 e. The lowest BCUT2D eigenvalue weighted by Gasteiger charge is -2.12. The lowest BCUT2D eigenvalue weighted by Crippen LogP contribution is -2.09. The Hall–Kier alpha value is -2.83. The van der Waals surface area contributed by atoms with Crippen LogP contribution in [-0.4, -0.2) is 18.9 Å². The first-order chi connectivity index (χ1) is 11.7. The Bertz CT molecular complexity index is 797. The average Bonchev–Trinajstić information content (AvgIpc) is 2.58. The topological polar surface area (TPSA) is 52.6 Å². The van der Waals surface area contributed by atoms with Crippen LogP contribution in [0.15, 0.2) is 42.5 Å². The molecule has 0 spiro atoms. The number of esters is 1. The Morgan fingerprint density at radius 2 is 1.76 bits per heavy atom. The number of ketones is 1. The minimum atomic E-state index is -4.43. The van der Waals surface area contributed by atoms with Gasteiger partial charge in [0.25, 0.3) is 0 Å². The smallest absolute Gasteiger partial charge is 0.416 e. The molecule has 0 bridgehead atoms. The number of methoxy groups -OCH3 is 1. The summed E-state index contributed by atoms with van der Waals surface area (Å²) < 4.78 is 48.2. The van der Waals surface area contributed by atoms with Crippen molar-refractivity contribution in [2.75, 3.05) is 7.11 Å². The van der Waals surface area contributed by atoms with E-state index in [1.807, 2.05) is 0 Å². The Labute approximate surface area is 142 Å². The molecule has 0 heterocycles. The highest BCUT2D eigenvalue weighted by Gasteiger charge is 2.30. The summed E-state index contributed by atoms with van der Waals surface area (Å²) in [6, 6.07) is 8.97. The fraction of sp³-hybridized carbons (Fsp3) is 0.222. The van der Waals surface area contributed by atoms with Gasteiger partial charge in [0.05, 0.1) is 18.2 Å². The van der Waals surface area contributed by atoms with Crippen molar-refractivity contribution in [1.82, 2.24) is 0 Å². The molecule has 2 aromatic rings. The molecule has 0 amide bonds. The van der Waals surface area contributed by atoms with Crippen LogP contribution in [0.5, 0.6) is 5.75 Å². The number of ether oxygens (including phenoxy) is 2. The summed E-state index contributed by atoms with van der Waals surface area (Å²) in [5.74, 6) is -0.776. The lowest BCUT2D eigenvalue weighted by molar-refractivity contribution is -0.137. The minimum Gasteiger partial charge on any atom is -0.489 e. The average molecular weight is 352 g/mol. The molecule has 0 radical (unpaired) electrons. The minimum absolute atomic E-state index is 0.0385. The third kappa shape index (κ3) is 4.59. The highest BCUT2D eigenvalue weighted by molar-refractivity contribution is 6.05. The highest BCUT2D eigenvalue weighted by atomic mass is 19.4. The van der Waals surface area contributed by atoms with Crippen molar-refractivity contribution in [3.05, 3.63) is 64.7 Å². The molecule has 0 atom stereocenters. The van der Waals surface area contributed by atoms with Crippen molar-refractivity contribution < 1.29 is 32.2 Å². The van der Waals surface area contributed by atoms with Crippen LogP contribution < -0.4 is 4.74 Å². The first-order valence-electron chi connectivity index (χ1n) is 7.24. The Morgan fingerprint density at radius 3 is 2.36 bits per heavy atom. The zero-order chi connectivity index (χ0) is 18.6. The van der Waals surface area contributed by atoms with Gasteiger partial charge in [0.2, 0.25) is 0 Å². The van der Waals surface area contributed by atoms with E-state index in [9.17, 15) is 22.8 Å². The molecule has 7 heteroatoms. The summed E-state index contributed by atoms with van der Waals surface area (Å²) >= 11 is 0. The molecule has 25 heavy (non-hydrogen) atoms. The summed E-state index contributed by atoms with van der Waals surface area (Å²) in [5, 5.41) is 0. The first-order valence-corrected chi connectivity index (χ1v) is 7.24. The number of hydrogen-bond donors (Lipinski definition) is 0. The highest BCUT2D eigenvalue weighted by Crippen LogP contribution is 2.30. The number of benzene rings is 2. The summed E-state index contributed by atoms with van der Waals surface area (Å²) in [6.45, 7) is 1.19. The molecule has 132 valence electrons. The van der Waals surface area contributed by atoms with Gasteiger partial charge in [-0.05, 0) is 42.8 Å². The van der Waals surface area contributed by atoms with Crippen molar-refractivity contribution in [2.45, 2.75) is 19.7 Å². The van der Waals surface area contributed by atoms with Crippen LogP contribution in [0.25, 0.3) is 0 Å². The number of carbonyl (C=O) groups excluding carboxylic acids is 2. The van der Waals surface area contributed by atoms with Gasteiger partial charge >= 0.3 is 12.1 Å². The number of carbonyl (C=O) groups is 2. The molecule has 0 aromatic heterocycles. The second kappa shape index (κ2) is 7.38. The van der Waals surface area contributed by atoms with Gasteiger partial charge in [0.1, 0.15) is 12.4 Å². The fourth-order valence-electron chi connectivity index (χ4n) is 2.20. The standard InChI is InChI=1S/C18H15F3O4/c1-11(22)15-7-6-14(9-16(15)17(23)24-2)25-10-12-4-3-5-13(8-12)18(19,20)21/h3-9H,10H2,1-2H3. The van der Waals surface area contributed by atoms with Crippen molar-refractivity contribution in [3.8, 4) is 5.75 Å². The molecule has 0 aliphatic heterocycles. The predicted octanol–water partition coefficient (Wildman–Crippen LogP) is 4.27. The van der Waals surface area contributed by atoms with Crippen LogP contribution in [0, 0.1) is 0 Å². The van der Waals surface area contributed by atoms with Crippen LogP contribution in [0.4, 0.5) is 13.2 Å². The predicted molar refractivity (Wildman–Crippen MR) is 83.6 cm³/mol. The van der Waals surface area contributed by atoms with Crippen molar-refractivity contribution in [3.63, 3.8) is 0 Å². The van der Waals surface area contributed by atoms with Crippen molar-refractivity contribution in [2.24, 2.45) is 0 Å². The first kappa shape index (κ1) is 18.5. The normalized spacial score (nSPS) is 11.1. The van der Waals surface area contributed by atoms with Gasteiger partial charge < -0.3 is 9.47 Å². The zero-order valence-corrected chi connectivity index (χ0v) is 13.5. The van der Waals surface area contributed by atoms with Gasteiger partial charge in [-0.25, -0.2) is 4.79 Å². The maximum Gasteiger partial charge on any atom is 0.416 e. The van der Waals surface area contributed by atoms with Crippen LogP contribution >= 0.6 is 0 Å². The van der Waals surface area contributed by atoms with E-state index in [-0.39, 0.29) is 29.3 Å². The van der Waals surface area contributed by atoms with E-state index in [0.29, 0.717) is 5.56 Å². The SMILES string of the molecule is COC(=O)c1cc(OCc2cccc(C(F)(F)F)c2)ccc1C(C)=O. The molecule has 4 nitrogen and oxygen atoms in total. The van der Waals surface area contributed by atoms with E-state index in [1.54, 1.807) is 0 Å². The van der Waals surface area contributed by atoms with E-state index in [2.05, 4.69) is 4.74 Å². The summed E-state index contributed by atoms with van der Waals surface area (Å²) in [6.07, 6.45) is -4.43. The van der Waals surface area contributed by atoms with Gasteiger partial charge in [-0.3, -0.25) is 4.79 Å². The van der Waals surface area contributed by atoms with E-state index in [0.717, 1.165) is 12.1 Å². The number of Topliss-reactive ketones (excluding diaryl/α,β-unsaturated/α-hetero) is 1. The Morgan fingerprint density at radius 1 is 1.04 bits per heavy atom. The molecule has 0 saturated heterocycles. The Kier molecular flexibility index (Phi) is 5.46. The maximum atomic E-state index is 12.7. The maximum absolute atomic E-state index is 12.7. The second-order valence-electron chi connectivity index (χ2n) is 5.24. The van der Waals surface area contributed by atoms with E-state index in [1.165, 1.54) is 44.4 Å². The number of halogens is 3. The molecule has 2 aromatic carbocycles. The van der Waals surface area contributed by atoms with E-state index < -0.39 is 17.7 Å². The molecule has 0 aliphatic carbocycles. The molecule has 0 N–H and O–H groups in total. The number of hydrogen-bond acceptors (Lipinski definition) is 4. The Balaban J connectivity index is 2.21. The number of alkyl halides is 3. The van der Waals surface area contributed by atoms with Crippen LogP contribution in [0.1, 0.15) is 38.8 Å². The monoisotopic (exact) mass is 352 g/mol. The summed E-state index contributed by atoms with van der Waals surface area (Å²) in [5.41, 5.74) is -0.226. The van der Waals surface area contributed by atoms with Crippen LogP contribution in [0.3, 0.4) is 0 Å². The summed E-state index contributed by atoms with van der Waals surface area (Å²) in [7, 11) is 1.18. The van der Waals surface area contributed by atoms with Gasteiger partial charge in [-0.1, -0.05) is 12.1 Å². The third-order valence-electron chi connectivity index (χ3n) is 3.44. The zero-order valence-electron chi connectivity index (χ0n) is 13.5. The van der Waals surface area contributed by atoms with Gasteiger partial charge in [0.15, 0.2) is 5.78 Å². The van der Waals surface area contributed by atoms with Crippen molar-refractivity contribution in [1.29, 1.82) is 0 Å². The molecular weight excluding hydrogens is 337 g/mol.